The van der Waals surface area contributed by atoms with Crippen molar-refractivity contribution >= 4 is 46.2 Å². The number of rotatable bonds is 2. The summed E-state index contributed by atoms with van der Waals surface area (Å²) in [4.78, 5) is 20.8. The predicted molar refractivity (Wildman–Crippen MR) is 62.5 cm³/mol. The van der Waals surface area contributed by atoms with Gasteiger partial charge in [-0.3, -0.25) is 10.6 Å². The van der Waals surface area contributed by atoms with Gasteiger partial charge in [0.05, 0.1) is 11.4 Å². The van der Waals surface area contributed by atoms with Gasteiger partial charge in [-0.05, 0) is 40.8 Å². The van der Waals surface area contributed by atoms with Crippen LogP contribution in [0.3, 0.4) is 0 Å². The van der Waals surface area contributed by atoms with Crippen molar-refractivity contribution in [1.82, 2.24) is 0 Å². The van der Waals surface area contributed by atoms with Crippen molar-refractivity contribution in [3.05, 3.63) is 21.8 Å². The first-order valence-corrected chi connectivity index (χ1v) is 4.86. The molecule has 0 spiro atoms. The van der Waals surface area contributed by atoms with Gasteiger partial charge in [-0.1, -0.05) is 0 Å². The number of halogens is 1. The van der Waals surface area contributed by atoms with Gasteiger partial charge in [0, 0.05) is 3.57 Å². The molecule has 0 aliphatic carbocycles. The summed E-state index contributed by atoms with van der Waals surface area (Å²) >= 11 is 1.99. The second-order valence-corrected chi connectivity index (χ2v) is 3.80. The van der Waals surface area contributed by atoms with Crippen molar-refractivity contribution in [2.45, 2.75) is 0 Å². The maximum atomic E-state index is 10.4. The molecule has 0 aromatic heterocycles. The molecule has 0 saturated carbocycles. The van der Waals surface area contributed by atoms with Gasteiger partial charge in [-0.25, -0.2) is 9.59 Å². The van der Waals surface area contributed by atoms with Gasteiger partial charge in [0.15, 0.2) is 0 Å². The summed E-state index contributed by atoms with van der Waals surface area (Å²) in [7, 11) is 0. The summed E-state index contributed by atoms with van der Waals surface area (Å²) in [5, 5.41) is 21.2. The second-order valence-electron chi connectivity index (χ2n) is 2.55. The van der Waals surface area contributed by atoms with Crippen molar-refractivity contribution in [3.63, 3.8) is 0 Å². The minimum absolute atomic E-state index is 0.199. The molecule has 1 rings (SSSR count). The van der Waals surface area contributed by atoms with Gasteiger partial charge < -0.3 is 10.2 Å². The lowest BCUT2D eigenvalue weighted by Gasteiger charge is -2.08. The Morgan fingerprint density at radius 2 is 1.60 bits per heavy atom. The molecular weight excluding hydrogens is 315 g/mol. The number of nitrogens with one attached hydrogen (secondary N) is 2. The monoisotopic (exact) mass is 322 g/mol. The van der Waals surface area contributed by atoms with Gasteiger partial charge in [0.2, 0.25) is 0 Å². The molecular formula is C8H7IN2O4. The number of carboxylic acid groups (broad SMARTS) is 2. The fourth-order valence-corrected chi connectivity index (χ4v) is 1.45. The zero-order chi connectivity index (χ0) is 11.4. The normalized spacial score (nSPS) is 9.40. The van der Waals surface area contributed by atoms with E-state index in [1.54, 1.807) is 6.07 Å². The van der Waals surface area contributed by atoms with Crippen molar-refractivity contribution in [3.8, 4) is 0 Å². The van der Waals surface area contributed by atoms with Crippen LogP contribution in [0.2, 0.25) is 0 Å². The lowest BCUT2D eigenvalue weighted by molar-refractivity contribution is 0.208. The number of amides is 2. The first-order chi connectivity index (χ1) is 6.99. The third-order valence-electron chi connectivity index (χ3n) is 1.46. The van der Waals surface area contributed by atoms with E-state index in [1.807, 2.05) is 22.6 Å². The van der Waals surface area contributed by atoms with Crippen LogP contribution in [0.5, 0.6) is 0 Å². The summed E-state index contributed by atoms with van der Waals surface area (Å²) in [6, 6.07) is 4.68. The molecule has 0 bridgehead atoms. The Kier molecular flexibility index (Phi) is 3.72. The summed E-state index contributed by atoms with van der Waals surface area (Å²) < 4.78 is 0.798. The molecule has 7 heteroatoms. The Bertz CT molecular complexity index is 408. The van der Waals surface area contributed by atoms with E-state index < -0.39 is 12.2 Å². The highest BCUT2D eigenvalue weighted by molar-refractivity contribution is 14.1. The topological polar surface area (TPSA) is 98.7 Å². The second kappa shape index (κ2) is 4.82. The summed E-state index contributed by atoms with van der Waals surface area (Å²) in [6.45, 7) is 0. The first-order valence-electron chi connectivity index (χ1n) is 3.78. The fourth-order valence-electron chi connectivity index (χ4n) is 0.959. The predicted octanol–water partition coefficient (Wildman–Crippen LogP) is 2.47. The molecule has 0 fully saturated rings. The van der Waals surface area contributed by atoms with E-state index in [2.05, 4.69) is 10.6 Å². The molecule has 1 aromatic rings. The highest BCUT2D eigenvalue weighted by Crippen LogP contribution is 2.24. The third kappa shape index (κ3) is 3.62. The highest BCUT2D eigenvalue weighted by atomic mass is 127. The first kappa shape index (κ1) is 11.6. The van der Waals surface area contributed by atoms with Crippen LogP contribution < -0.4 is 10.6 Å². The number of carbonyl (C=O) groups is 2. The quantitative estimate of drug-likeness (QED) is 0.629. The standard InChI is InChI=1S/C8H7IN2O4/c9-4-1-2-5(10-7(12)13)6(3-4)11-8(14)15/h1-3,10-11H,(H,12,13)(H,14,15). The molecule has 15 heavy (non-hydrogen) atoms. The van der Waals surface area contributed by atoms with Crippen LogP contribution in [-0.2, 0) is 0 Å². The summed E-state index contributed by atoms with van der Waals surface area (Å²) in [5.41, 5.74) is 0.405. The number of hydrogen-bond donors (Lipinski definition) is 4. The van der Waals surface area contributed by atoms with E-state index in [-0.39, 0.29) is 11.4 Å². The molecule has 1 aromatic carbocycles. The molecule has 2 amide bonds. The average Bonchev–Trinajstić information content (AvgIpc) is 2.08. The van der Waals surface area contributed by atoms with Crippen LogP contribution >= 0.6 is 22.6 Å². The Morgan fingerprint density at radius 1 is 1.07 bits per heavy atom. The molecule has 4 N–H and O–H groups in total. The molecule has 6 nitrogen and oxygen atoms in total. The van der Waals surface area contributed by atoms with E-state index in [9.17, 15) is 9.59 Å². The van der Waals surface area contributed by atoms with Gasteiger partial charge >= 0.3 is 12.2 Å². The van der Waals surface area contributed by atoms with Crippen LogP contribution in [0.1, 0.15) is 0 Å². The van der Waals surface area contributed by atoms with E-state index >= 15 is 0 Å². The largest absolute Gasteiger partial charge is 0.465 e. The Labute approximate surface area is 98.4 Å². The third-order valence-corrected chi connectivity index (χ3v) is 2.14. The minimum Gasteiger partial charge on any atom is -0.465 e. The Hall–Kier alpha value is -1.51. The van der Waals surface area contributed by atoms with Gasteiger partial charge in [0.25, 0.3) is 0 Å². The van der Waals surface area contributed by atoms with Crippen LogP contribution in [0, 0.1) is 3.57 Å². The van der Waals surface area contributed by atoms with Crippen molar-refractivity contribution in [1.29, 1.82) is 0 Å². The molecule has 80 valence electrons. The SMILES string of the molecule is O=C(O)Nc1ccc(I)cc1NC(=O)O. The van der Waals surface area contributed by atoms with Gasteiger partial charge in [-0.2, -0.15) is 0 Å². The van der Waals surface area contributed by atoms with E-state index in [0.717, 1.165) is 3.57 Å². The highest BCUT2D eigenvalue weighted by Gasteiger charge is 2.08. The molecule has 0 saturated heterocycles. The van der Waals surface area contributed by atoms with Crippen LogP contribution in [0.25, 0.3) is 0 Å². The Balaban J connectivity index is 3.02. The van der Waals surface area contributed by atoms with Crippen LogP contribution in [-0.4, -0.2) is 22.4 Å². The fraction of sp³-hybridized carbons (Fsp3) is 0. The van der Waals surface area contributed by atoms with Crippen LogP contribution in [0.4, 0.5) is 21.0 Å². The Morgan fingerprint density at radius 3 is 2.13 bits per heavy atom. The number of anilines is 2. The van der Waals surface area contributed by atoms with Gasteiger partial charge in [-0.15, -0.1) is 0 Å². The van der Waals surface area contributed by atoms with Crippen molar-refractivity contribution in [2.75, 3.05) is 10.6 Å². The van der Waals surface area contributed by atoms with E-state index in [1.165, 1.54) is 12.1 Å². The van der Waals surface area contributed by atoms with Crippen molar-refractivity contribution < 1.29 is 19.8 Å². The smallest absolute Gasteiger partial charge is 0.409 e. The maximum Gasteiger partial charge on any atom is 0.409 e. The maximum absolute atomic E-state index is 10.4. The molecule has 0 radical (unpaired) electrons. The molecule has 0 atom stereocenters. The van der Waals surface area contributed by atoms with Crippen LogP contribution in [0.15, 0.2) is 18.2 Å². The van der Waals surface area contributed by atoms with E-state index in [4.69, 9.17) is 10.2 Å². The number of hydrogen-bond acceptors (Lipinski definition) is 2. The summed E-state index contributed by atoms with van der Waals surface area (Å²) in [6.07, 6.45) is -2.49. The van der Waals surface area contributed by atoms with Gasteiger partial charge in [0.1, 0.15) is 0 Å². The lowest BCUT2D eigenvalue weighted by Crippen LogP contribution is -2.13. The molecule has 0 aliphatic rings. The molecule has 0 unspecified atom stereocenters. The number of benzene rings is 1. The van der Waals surface area contributed by atoms with E-state index in [0.29, 0.717) is 0 Å². The molecule has 0 heterocycles. The zero-order valence-electron chi connectivity index (χ0n) is 7.32. The molecule has 0 aliphatic heterocycles. The average molecular weight is 322 g/mol. The summed E-state index contributed by atoms with van der Waals surface area (Å²) in [5.74, 6) is 0. The minimum atomic E-state index is -1.25. The lowest BCUT2D eigenvalue weighted by atomic mass is 10.2. The van der Waals surface area contributed by atoms with Crippen molar-refractivity contribution in [2.24, 2.45) is 0 Å². The zero-order valence-corrected chi connectivity index (χ0v) is 9.48.